The molecule has 1 saturated heterocycles. The lowest BCUT2D eigenvalue weighted by Crippen LogP contribution is -2.54. The summed E-state index contributed by atoms with van der Waals surface area (Å²) in [7, 11) is 0. The van der Waals surface area contributed by atoms with Crippen molar-refractivity contribution in [2.24, 2.45) is 0 Å². The molecule has 0 bridgehead atoms. The van der Waals surface area contributed by atoms with E-state index in [0.29, 0.717) is 0 Å². The molecule has 0 spiro atoms. The Hall–Kier alpha value is -1.75. The highest BCUT2D eigenvalue weighted by atomic mass is 16.3. The molecule has 1 aliphatic rings. The molecule has 1 fully saturated rings. The van der Waals surface area contributed by atoms with E-state index in [1.807, 2.05) is 5.01 Å². The molecular formula is C14H20N2O3. The minimum absolute atomic E-state index is 0.0764. The number of nitrogens with one attached hydrogen (secondary N) is 1. The Morgan fingerprint density at radius 2 is 1.74 bits per heavy atom. The van der Waals surface area contributed by atoms with Crippen LogP contribution in [0.4, 0.5) is 0 Å². The lowest BCUT2D eigenvalue weighted by Gasteiger charge is -2.38. The number of phenols is 2. The number of hydrazine groups is 1. The van der Waals surface area contributed by atoms with Gasteiger partial charge in [-0.1, -0.05) is 12.5 Å². The smallest absolute Gasteiger partial charge is 0.273 e. The molecule has 2 atom stereocenters. The van der Waals surface area contributed by atoms with Crippen molar-refractivity contribution in [2.45, 2.75) is 45.2 Å². The first-order valence-corrected chi connectivity index (χ1v) is 6.61. The quantitative estimate of drug-likeness (QED) is 0.764. The monoisotopic (exact) mass is 264 g/mol. The van der Waals surface area contributed by atoms with Gasteiger partial charge in [-0.2, -0.15) is 0 Å². The SMILES string of the molecule is CC1CCCC(C)N1NC(=O)c1c(O)cccc1O. The normalized spacial score (nSPS) is 24.1. The highest BCUT2D eigenvalue weighted by Crippen LogP contribution is 2.27. The number of carbonyl (C=O) groups is 1. The van der Waals surface area contributed by atoms with Crippen LogP contribution in [0.1, 0.15) is 43.5 Å². The van der Waals surface area contributed by atoms with Gasteiger partial charge in [-0.05, 0) is 38.8 Å². The Bertz CT molecular complexity index is 446. The molecule has 1 amide bonds. The number of phenolic OH excluding ortho intramolecular Hbond substituents is 2. The lowest BCUT2D eigenvalue weighted by atomic mass is 10.00. The predicted octanol–water partition coefficient (Wildman–Crippen LogP) is 2.01. The number of piperidine rings is 1. The number of nitrogens with zero attached hydrogens (tertiary/aromatic N) is 1. The Labute approximate surface area is 112 Å². The van der Waals surface area contributed by atoms with Gasteiger partial charge in [-0.15, -0.1) is 0 Å². The van der Waals surface area contributed by atoms with Crippen LogP contribution >= 0.6 is 0 Å². The van der Waals surface area contributed by atoms with Gasteiger partial charge in [-0.25, -0.2) is 5.01 Å². The fraction of sp³-hybridized carbons (Fsp3) is 0.500. The van der Waals surface area contributed by atoms with Crippen molar-refractivity contribution in [3.8, 4) is 11.5 Å². The zero-order valence-electron chi connectivity index (χ0n) is 11.3. The van der Waals surface area contributed by atoms with Gasteiger partial charge in [0.2, 0.25) is 0 Å². The van der Waals surface area contributed by atoms with Crippen LogP contribution in [-0.2, 0) is 0 Å². The van der Waals surface area contributed by atoms with Gasteiger partial charge in [0.05, 0.1) is 0 Å². The van der Waals surface area contributed by atoms with Crippen LogP contribution in [-0.4, -0.2) is 33.2 Å². The van der Waals surface area contributed by atoms with Crippen molar-refractivity contribution in [1.29, 1.82) is 0 Å². The summed E-state index contributed by atoms with van der Waals surface area (Å²) in [5.74, 6) is -0.902. The average molecular weight is 264 g/mol. The zero-order valence-corrected chi connectivity index (χ0v) is 11.3. The van der Waals surface area contributed by atoms with Gasteiger partial charge in [0.25, 0.3) is 5.91 Å². The summed E-state index contributed by atoms with van der Waals surface area (Å²) < 4.78 is 0. The van der Waals surface area contributed by atoms with Crippen LogP contribution in [0.2, 0.25) is 0 Å². The summed E-state index contributed by atoms with van der Waals surface area (Å²) in [6.45, 7) is 4.11. The molecule has 0 aromatic heterocycles. The van der Waals surface area contributed by atoms with E-state index < -0.39 is 5.91 Å². The summed E-state index contributed by atoms with van der Waals surface area (Å²) in [5, 5.41) is 21.3. The van der Waals surface area contributed by atoms with Gasteiger partial charge in [0, 0.05) is 12.1 Å². The van der Waals surface area contributed by atoms with Crippen LogP contribution in [0, 0.1) is 0 Å². The molecule has 104 valence electrons. The summed E-state index contributed by atoms with van der Waals surface area (Å²) in [5.41, 5.74) is 2.71. The van der Waals surface area contributed by atoms with Gasteiger partial charge < -0.3 is 10.2 Å². The van der Waals surface area contributed by atoms with Crippen molar-refractivity contribution < 1.29 is 15.0 Å². The minimum atomic E-state index is -0.476. The Kier molecular flexibility index (Phi) is 3.95. The summed E-state index contributed by atoms with van der Waals surface area (Å²) in [6.07, 6.45) is 3.20. The van der Waals surface area contributed by atoms with E-state index in [0.717, 1.165) is 19.3 Å². The van der Waals surface area contributed by atoms with Crippen LogP contribution in [0.3, 0.4) is 0 Å². The molecule has 0 saturated carbocycles. The second-order valence-corrected chi connectivity index (χ2v) is 5.15. The minimum Gasteiger partial charge on any atom is -0.507 e. The number of benzene rings is 1. The van der Waals surface area contributed by atoms with Crippen molar-refractivity contribution in [1.82, 2.24) is 10.4 Å². The van der Waals surface area contributed by atoms with E-state index in [-0.39, 0.29) is 29.1 Å². The first-order valence-electron chi connectivity index (χ1n) is 6.61. The second-order valence-electron chi connectivity index (χ2n) is 5.15. The molecule has 1 aliphatic heterocycles. The van der Waals surface area contributed by atoms with Crippen LogP contribution in [0.25, 0.3) is 0 Å². The molecule has 19 heavy (non-hydrogen) atoms. The predicted molar refractivity (Wildman–Crippen MR) is 71.9 cm³/mol. The first kappa shape index (κ1) is 13.7. The maximum atomic E-state index is 12.2. The fourth-order valence-electron chi connectivity index (χ4n) is 2.58. The van der Waals surface area contributed by atoms with Crippen LogP contribution < -0.4 is 5.43 Å². The number of carbonyl (C=O) groups excluding carboxylic acids is 1. The Balaban J connectivity index is 2.16. The van der Waals surface area contributed by atoms with E-state index in [2.05, 4.69) is 19.3 Å². The number of hydrogen-bond donors (Lipinski definition) is 3. The molecule has 1 heterocycles. The molecule has 2 unspecified atom stereocenters. The third-order valence-electron chi connectivity index (χ3n) is 3.67. The molecule has 2 rings (SSSR count). The van der Waals surface area contributed by atoms with Gasteiger partial charge in [0.1, 0.15) is 17.1 Å². The van der Waals surface area contributed by atoms with Crippen LogP contribution in [0.15, 0.2) is 18.2 Å². The Morgan fingerprint density at radius 1 is 1.21 bits per heavy atom. The van der Waals surface area contributed by atoms with E-state index in [4.69, 9.17) is 0 Å². The van der Waals surface area contributed by atoms with Crippen molar-refractivity contribution >= 4 is 5.91 Å². The van der Waals surface area contributed by atoms with E-state index >= 15 is 0 Å². The third kappa shape index (κ3) is 2.81. The second kappa shape index (κ2) is 5.48. The number of aromatic hydroxyl groups is 2. The molecule has 5 nitrogen and oxygen atoms in total. The lowest BCUT2D eigenvalue weighted by molar-refractivity contribution is 0.0366. The van der Waals surface area contributed by atoms with Crippen molar-refractivity contribution in [3.63, 3.8) is 0 Å². The van der Waals surface area contributed by atoms with Crippen LogP contribution in [0.5, 0.6) is 11.5 Å². The van der Waals surface area contributed by atoms with Crippen molar-refractivity contribution in [2.75, 3.05) is 0 Å². The molecule has 0 radical (unpaired) electrons. The van der Waals surface area contributed by atoms with Crippen molar-refractivity contribution in [3.05, 3.63) is 23.8 Å². The van der Waals surface area contributed by atoms with E-state index in [1.54, 1.807) is 0 Å². The number of amides is 1. The number of hydrogen-bond acceptors (Lipinski definition) is 4. The van der Waals surface area contributed by atoms with Gasteiger partial charge in [0.15, 0.2) is 0 Å². The standard InChI is InChI=1S/C14H20N2O3/c1-9-5-3-6-10(2)16(9)15-14(19)13-11(17)7-4-8-12(13)18/h4,7-10,17-18H,3,5-6H2,1-2H3,(H,15,19). The topological polar surface area (TPSA) is 72.8 Å². The summed E-state index contributed by atoms with van der Waals surface area (Å²) in [4.78, 5) is 12.2. The van der Waals surface area contributed by atoms with E-state index in [1.165, 1.54) is 18.2 Å². The highest BCUT2D eigenvalue weighted by molar-refractivity contribution is 5.99. The molecule has 0 aliphatic carbocycles. The molecule has 1 aromatic rings. The van der Waals surface area contributed by atoms with Gasteiger partial charge in [-0.3, -0.25) is 10.2 Å². The molecule has 1 aromatic carbocycles. The maximum absolute atomic E-state index is 12.2. The van der Waals surface area contributed by atoms with Gasteiger partial charge >= 0.3 is 0 Å². The third-order valence-corrected chi connectivity index (χ3v) is 3.67. The molecule has 5 heteroatoms. The average Bonchev–Trinajstić information content (AvgIpc) is 2.34. The largest absolute Gasteiger partial charge is 0.507 e. The number of rotatable bonds is 2. The first-order chi connectivity index (χ1) is 9.00. The summed E-state index contributed by atoms with van der Waals surface area (Å²) in [6, 6.07) is 4.77. The fourth-order valence-corrected chi connectivity index (χ4v) is 2.58. The molecular weight excluding hydrogens is 244 g/mol. The highest BCUT2D eigenvalue weighted by Gasteiger charge is 2.27. The maximum Gasteiger partial charge on any atom is 0.273 e. The zero-order chi connectivity index (χ0) is 14.0. The Morgan fingerprint density at radius 3 is 2.26 bits per heavy atom. The summed E-state index contributed by atoms with van der Waals surface area (Å²) >= 11 is 0. The molecule has 3 N–H and O–H groups in total. The van der Waals surface area contributed by atoms with E-state index in [9.17, 15) is 15.0 Å².